The molecule has 6 heteroatoms. The molecular formula is C17H21BrN2O2S. The lowest BCUT2D eigenvalue weighted by Crippen LogP contribution is -2.35. The maximum Gasteiger partial charge on any atom is 0.196 e. The molecule has 0 fully saturated rings. The van der Waals surface area contributed by atoms with Crippen molar-refractivity contribution in [3.05, 3.63) is 43.3 Å². The van der Waals surface area contributed by atoms with Gasteiger partial charge in [-0.3, -0.25) is 14.5 Å². The second-order valence-electron chi connectivity index (χ2n) is 5.84. The third-order valence-corrected chi connectivity index (χ3v) is 5.72. The Hall–Kier alpha value is -1.24. The first-order valence-corrected chi connectivity index (χ1v) is 9.02. The summed E-state index contributed by atoms with van der Waals surface area (Å²) >= 11 is 5.12. The lowest BCUT2D eigenvalue weighted by molar-refractivity contribution is 0.0857. The number of halogens is 1. The average molecular weight is 397 g/mol. The highest BCUT2D eigenvalue weighted by Crippen LogP contribution is 2.25. The Morgan fingerprint density at radius 1 is 1.35 bits per heavy atom. The van der Waals surface area contributed by atoms with Gasteiger partial charge in [-0.2, -0.15) is 0 Å². The molecule has 124 valence electrons. The van der Waals surface area contributed by atoms with Crippen molar-refractivity contribution in [3.63, 3.8) is 0 Å². The van der Waals surface area contributed by atoms with E-state index in [0.717, 1.165) is 15.0 Å². The average Bonchev–Trinajstić information content (AvgIpc) is 3.00. The third-order valence-electron chi connectivity index (χ3n) is 4.11. The van der Waals surface area contributed by atoms with Crippen LogP contribution in [0.1, 0.15) is 50.8 Å². The van der Waals surface area contributed by atoms with Crippen LogP contribution >= 0.6 is 27.3 Å². The topological polar surface area (TPSA) is 53.2 Å². The van der Waals surface area contributed by atoms with Gasteiger partial charge in [0.15, 0.2) is 11.6 Å². The van der Waals surface area contributed by atoms with Crippen molar-refractivity contribution in [2.24, 2.45) is 0 Å². The minimum absolute atomic E-state index is 0.0104. The van der Waals surface area contributed by atoms with Gasteiger partial charge < -0.3 is 4.98 Å². The molecule has 4 nitrogen and oxygen atoms in total. The zero-order valence-electron chi connectivity index (χ0n) is 14.0. The van der Waals surface area contributed by atoms with Crippen molar-refractivity contribution in [1.29, 1.82) is 0 Å². The number of carbonyl (C=O) groups excluding carboxylic acids is 2. The van der Waals surface area contributed by atoms with Crippen LogP contribution in [0, 0.1) is 13.8 Å². The van der Waals surface area contributed by atoms with Crippen molar-refractivity contribution >= 4 is 38.8 Å². The van der Waals surface area contributed by atoms with Gasteiger partial charge >= 0.3 is 0 Å². The van der Waals surface area contributed by atoms with Crippen molar-refractivity contribution in [3.8, 4) is 0 Å². The van der Waals surface area contributed by atoms with Gasteiger partial charge in [-0.1, -0.05) is 0 Å². The fourth-order valence-electron chi connectivity index (χ4n) is 2.75. The molecule has 0 unspecified atom stereocenters. The lowest BCUT2D eigenvalue weighted by Gasteiger charge is -2.22. The summed E-state index contributed by atoms with van der Waals surface area (Å²) in [6.07, 6.45) is 0. The number of H-pyrrole nitrogens is 1. The summed E-state index contributed by atoms with van der Waals surface area (Å²) in [4.78, 5) is 30.8. The maximum atomic E-state index is 12.8. The Kier molecular flexibility index (Phi) is 5.60. The van der Waals surface area contributed by atoms with Crippen LogP contribution in [0.4, 0.5) is 0 Å². The summed E-state index contributed by atoms with van der Waals surface area (Å²) in [5.41, 5.74) is 2.68. The highest BCUT2D eigenvalue weighted by atomic mass is 79.9. The van der Waals surface area contributed by atoms with Gasteiger partial charge in [-0.15, -0.1) is 11.3 Å². The molecule has 2 aromatic heterocycles. The number of Topliss-reactive ketones (excluding diaryl/α,β-unsaturated/α-hetero) is 2. The van der Waals surface area contributed by atoms with E-state index in [1.807, 2.05) is 38.8 Å². The fourth-order valence-corrected chi connectivity index (χ4v) is 4.30. The largest absolute Gasteiger partial charge is 0.355 e. The Morgan fingerprint density at radius 3 is 2.48 bits per heavy atom. The maximum absolute atomic E-state index is 12.8. The number of aromatic amines is 1. The summed E-state index contributed by atoms with van der Waals surface area (Å²) in [5, 5.41) is 0. The Balaban J connectivity index is 2.19. The first-order chi connectivity index (χ1) is 10.7. The standard InChI is InChI=1S/C17H21BrN2O2S/c1-9-15(12(4)21)10(2)19-16(9)17(22)11(3)20(5)8-13-6-7-14(18)23-13/h6-7,11,19H,8H2,1-5H3/t11-/m0/s1. The molecule has 1 atom stereocenters. The summed E-state index contributed by atoms with van der Waals surface area (Å²) in [6.45, 7) is 7.80. The van der Waals surface area contributed by atoms with Gasteiger partial charge in [-0.25, -0.2) is 0 Å². The van der Waals surface area contributed by atoms with Crippen LogP contribution in [-0.2, 0) is 6.54 Å². The molecule has 0 aliphatic heterocycles. The second-order valence-corrected chi connectivity index (χ2v) is 8.39. The van der Waals surface area contributed by atoms with Crippen molar-refractivity contribution in [2.75, 3.05) is 7.05 Å². The molecule has 0 bridgehead atoms. The first-order valence-electron chi connectivity index (χ1n) is 7.41. The van der Waals surface area contributed by atoms with E-state index in [9.17, 15) is 9.59 Å². The Morgan fingerprint density at radius 2 is 2.00 bits per heavy atom. The van der Waals surface area contributed by atoms with E-state index < -0.39 is 0 Å². The van der Waals surface area contributed by atoms with Crippen LogP contribution < -0.4 is 0 Å². The quantitative estimate of drug-likeness (QED) is 0.737. The SMILES string of the molecule is CC(=O)c1c(C)[nH]c(C(=O)[C@H](C)N(C)Cc2ccc(Br)s2)c1C. The number of rotatable bonds is 6. The molecule has 0 spiro atoms. The zero-order chi connectivity index (χ0) is 17.3. The Labute approximate surface area is 149 Å². The van der Waals surface area contributed by atoms with Gasteiger partial charge in [-0.05, 0) is 68.4 Å². The van der Waals surface area contributed by atoms with E-state index in [1.54, 1.807) is 11.3 Å². The lowest BCUT2D eigenvalue weighted by atomic mass is 10.0. The number of thiophene rings is 1. The zero-order valence-corrected chi connectivity index (χ0v) is 16.4. The number of carbonyl (C=O) groups is 2. The van der Waals surface area contributed by atoms with Gasteiger partial charge in [0.1, 0.15) is 0 Å². The fraction of sp³-hybridized carbons (Fsp3) is 0.412. The molecule has 0 saturated carbocycles. The number of aromatic nitrogens is 1. The van der Waals surface area contributed by atoms with Crippen LogP contribution in [0.5, 0.6) is 0 Å². The number of nitrogens with zero attached hydrogens (tertiary/aromatic N) is 1. The molecule has 0 aliphatic carbocycles. The van der Waals surface area contributed by atoms with E-state index >= 15 is 0 Å². The van der Waals surface area contributed by atoms with E-state index in [0.29, 0.717) is 17.8 Å². The van der Waals surface area contributed by atoms with Crippen LogP contribution in [0.3, 0.4) is 0 Å². The number of hydrogen-bond donors (Lipinski definition) is 1. The number of ketones is 2. The molecule has 2 aromatic rings. The minimum atomic E-state index is -0.271. The second kappa shape index (κ2) is 7.11. The molecule has 2 heterocycles. The molecule has 0 aliphatic rings. The number of likely N-dealkylation sites (N-methyl/N-ethyl adjacent to an activating group) is 1. The molecule has 0 amide bonds. The summed E-state index contributed by atoms with van der Waals surface area (Å²) in [5.74, 6) is -0.00374. The summed E-state index contributed by atoms with van der Waals surface area (Å²) in [6, 6.07) is 3.80. The van der Waals surface area contributed by atoms with Gasteiger partial charge in [0.25, 0.3) is 0 Å². The van der Waals surface area contributed by atoms with Crippen molar-refractivity contribution in [2.45, 2.75) is 40.3 Å². The first kappa shape index (κ1) is 18.1. The smallest absolute Gasteiger partial charge is 0.196 e. The monoisotopic (exact) mass is 396 g/mol. The third kappa shape index (κ3) is 3.82. The minimum Gasteiger partial charge on any atom is -0.355 e. The molecule has 0 aromatic carbocycles. The number of aryl methyl sites for hydroxylation is 1. The van der Waals surface area contributed by atoms with Crippen LogP contribution in [0.15, 0.2) is 15.9 Å². The van der Waals surface area contributed by atoms with Crippen molar-refractivity contribution in [1.82, 2.24) is 9.88 Å². The van der Waals surface area contributed by atoms with Crippen LogP contribution in [0.25, 0.3) is 0 Å². The number of nitrogens with one attached hydrogen (secondary N) is 1. The molecule has 0 saturated heterocycles. The Bertz CT molecular complexity index is 748. The van der Waals surface area contributed by atoms with Crippen molar-refractivity contribution < 1.29 is 9.59 Å². The van der Waals surface area contributed by atoms with E-state index in [2.05, 4.69) is 27.0 Å². The molecular weight excluding hydrogens is 376 g/mol. The summed E-state index contributed by atoms with van der Waals surface area (Å²) in [7, 11) is 1.94. The predicted octanol–water partition coefficient (Wildman–Crippen LogP) is 4.36. The normalized spacial score (nSPS) is 12.7. The van der Waals surface area contributed by atoms with Crippen LogP contribution in [0.2, 0.25) is 0 Å². The molecule has 0 radical (unpaired) electrons. The van der Waals surface area contributed by atoms with Crippen LogP contribution in [-0.4, -0.2) is 34.5 Å². The van der Waals surface area contributed by atoms with E-state index in [4.69, 9.17) is 0 Å². The molecule has 23 heavy (non-hydrogen) atoms. The predicted molar refractivity (Wildman–Crippen MR) is 97.5 cm³/mol. The number of hydrogen-bond acceptors (Lipinski definition) is 4. The highest BCUT2D eigenvalue weighted by molar-refractivity contribution is 9.11. The van der Waals surface area contributed by atoms with E-state index in [1.165, 1.54) is 11.8 Å². The van der Waals surface area contributed by atoms with Gasteiger partial charge in [0, 0.05) is 22.7 Å². The van der Waals surface area contributed by atoms with E-state index in [-0.39, 0.29) is 17.6 Å². The summed E-state index contributed by atoms with van der Waals surface area (Å²) < 4.78 is 1.09. The highest BCUT2D eigenvalue weighted by Gasteiger charge is 2.26. The molecule has 1 N–H and O–H groups in total. The molecule has 2 rings (SSSR count). The van der Waals surface area contributed by atoms with Gasteiger partial charge in [0.2, 0.25) is 0 Å². The van der Waals surface area contributed by atoms with Gasteiger partial charge in [0.05, 0.1) is 15.5 Å².